The molecule has 1 rings (SSSR count). The van der Waals surface area contributed by atoms with Gasteiger partial charge >= 0.3 is 0 Å². The van der Waals surface area contributed by atoms with Crippen LogP contribution in [0, 0.1) is 5.82 Å². The number of nitrogens with one attached hydrogen (secondary N) is 1. The average molecular weight is 254 g/mol. The number of nitrogens with zero attached hydrogens (tertiary/aromatic N) is 1. The van der Waals surface area contributed by atoms with E-state index in [1.54, 1.807) is 4.90 Å². The van der Waals surface area contributed by atoms with Gasteiger partial charge in [-0.05, 0) is 26.0 Å². The van der Waals surface area contributed by atoms with E-state index < -0.39 is 5.82 Å². The molecule has 0 aromatic heterocycles. The second kappa shape index (κ2) is 6.83. The van der Waals surface area contributed by atoms with Gasteiger partial charge < -0.3 is 15.0 Å². The van der Waals surface area contributed by atoms with Crippen molar-refractivity contribution < 1.29 is 13.9 Å². The number of hydrogen-bond donors (Lipinski definition) is 1. The number of carbonyl (C=O) groups is 1. The molecule has 1 N–H and O–H groups in total. The second-order valence-corrected chi connectivity index (χ2v) is 3.77. The highest BCUT2D eigenvalue weighted by Crippen LogP contribution is 2.20. The SMILES string of the molecule is CCN(CC)C(=O)CNc1cc(OC)ccc1F. The third-order valence-corrected chi connectivity index (χ3v) is 2.72. The lowest BCUT2D eigenvalue weighted by molar-refractivity contribution is -0.128. The van der Waals surface area contributed by atoms with Crippen LogP contribution in [0.5, 0.6) is 5.75 Å². The van der Waals surface area contributed by atoms with Crippen LogP contribution in [0.15, 0.2) is 18.2 Å². The van der Waals surface area contributed by atoms with Gasteiger partial charge in [0.15, 0.2) is 0 Å². The van der Waals surface area contributed by atoms with E-state index in [0.29, 0.717) is 18.8 Å². The van der Waals surface area contributed by atoms with Crippen molar-refractivity contribution >= 4 is 11.6 Å². The van der Waals surface area contributed by atoms with Gasteiger partial charge in [0.05, 0.1) is 19.3 Å². The van der Waals surface area contributed by atoms with Crippen LogP contribution in [0.3, 0.4) is 0 Å². The number of benzene rings is 1. The number of halogens is 1. The molecular weight excluding hydrogens is 235 g/mol. The molecule has 1 amide bonds. The van der Waals surface area contributed by atoms with Crippen LogP contribution in [-0.4, -0.2) is 37.6 Å². The normalized spacial score (nSPS) is 10.0. The van der Waals surface area contributed by atoms with E-state index in [9.17, 15) is 9.18 Å². The molecule has 5 heteroatoms. The van der Waals surface area contributed by atoms with Gasteiger partial charge in [0.1, 0.15) is 11.6 Å². The van der Waals surface area contributed by atoms with Crippen molar-refractivity contribution in [3.8, 4) is 5.75 Å². The first-order valence-corrected chi connectivity index (χ1v) is 5.97. The lowest BCUT2D eigenvalue weighted by Gasteiger charge is -2.19. The van der Waals surface area contributed by atoms with Gasteiger partial charge in [-0.15, -0.1) is 0 Å². The van der Waals surface area contributed by atoms with E-state index in [-0.39, 0.29) is 18.1 Å². The van der Waals surface area contributed by atoms with E-state index in [4.69, 9.17) is 4.74 Å². The van der Waals surface area contributed by atoms with Gasteiger partial charge in [0.25, 0.3) is 0 Å². The van der Waals surface area contributed by atoms with Crippen molar-refractivity contribution in [2.45, 2.75) is 13.8 Å². The minimum absolute atomic E-state index is 0.0535. The van der Waals surface area contributed by atoms with Crippen LogP contribution >= 0.6 is 0 Å². The maximum Gasteiger partial charge on any atom is 0.241 e. The number of rotatable bonds is 6. The molecule has 0 bridgehead atoms. The Morgan fingerprint density at radius 2 is 2.06 bits per heavy atom. The Kier molecular flexibility index (Phi) is 5.42. The van der Waals surface area contributed by atoms with E-state index in [0.717, 1.165) is 0 Å². The van der Waals surface area contributed by atoms with Crippen molar-refractivity contribution in [3.63, 3.8) is 0 Å². The predicted molar refractivity (Wildman–Crippen MR) is 69.4 cm³/mol. The zero-order valence-electron chi connectivity index (χ0n) is 11.0. The molecule has 0 radical (unpaired) electrons. The van der Waals surface area contributed by atoms with Crippen molar-refractivity contribution in [1.82, 2.24) is 4.90 Å². The first kappa shape index (κ1) is 14.3. The summed E-state index contributed by atoms with van der Waals surface area (Å²) < 4.78 is 18.5. The molecule has 0 aliphatic heterocycles. The maximum absolute atomic E-state index is 13.5. The molecule has 0 unspecified atom stereocenters. The highest BCUT2D eigenvalue weighted by atomic mass is 19.1. The number of ether oxygens (including phenoxy) is 1. The van der Waals surface area contributed by atoms with Crippen LogP contribution in [0.25, 0.3) is 0 Å². The van der Waals surface area contributed by atoms with Gasteiger partial charge in [-0.25, -0.2) is 4.39 Å². The average Bonchev–Trinajstić information content (AvgIpc) is 2.39. The summed E-state index contributed by atoms with van der Waals surface area (Å²) in [6, 6.07) is 4.38. The summed E-state index contributed by atoms with van der Waals surface area (Å²) in [6.07, 6.45) is 0. The number of amides is 1. The van der Waals surface area contributed by atoms with E-state index in [2.05, 4.69) is 5.32 Å². The van der Waals surface area contributed by atoms with Gasteiger partial charge in [-0.3, -0.25) is 4.79 Å². The van der Waals surface area contributed by atoms with Gasteiger partial charge in [0, 0.05) is 19.2 Å². The standard InChI is InChI=1S/C13H19FN2O2/c1-4-16(5-2)13(17)9-15-12-8-10(18-3)6-7-11(12)14/h6-8,15H,4-5,9H2,1-3H3. The van der Waals surface area contributed by atoms with Crippen LogP contribution in [0.4, 0.5) is 10.1 Å². The summed E-state index contributed by atoms with van der Waals surface area (Å²) in [4.78, 5) is 13.4. The van der Waals surface area contributed by atoms with Crippen LogP contribution in [0.2, 0.25) is 0 Å². The molecule has 1 aromatic carbocycles. The van der Waals surface area contributed by atoms with Crippen LogP contribution < -0.4 is 10.1 Å². The Morgan fingerprint density at radius 3 is 2.61 bits per heavy atom. The van der Waals surface area contributed by atoms with Gasteiger partial charge in [-0.1, -0.05) is 0 Å². The highest BCUT2D eigenvalue weighted by molar-refractivity contribution is 5.80. The Labute approximate surface area is 107 Å². The van der Waals surface area contributed by atoms with E-state index in [1.165, 1.54) is 25.3 Å². The predicted octanol–water partition coefficient (Wildman–Crippen LogP) is 2.11. The molecule has 18 heavy (non-hydrogen) atoms. The fourth-order valence-corrected chi connectivity index (χ4v) is 1.63. The summed E-state index contributed by atoms with van der Waals surface area (Å²) in [7, 11) is 1.51. The summed E-state index contributed by atoms with van der Waals surface area (Å²) in [5.41, 5.74) is 0.273. The summed E-state index contributed by atoms with van der Waals surface area (Å²) >= 11 is 0. The molecule has 0 saturated heterocycles. The second-order valence-electron chi connectivity index (χ2n) is 3.77. The molecule has 0 fully saturated rings. The molecule has 0 saturated carbocycles. The lowest BCUT2D eigenvalue weighted by atomic mass is 10.3. The molecule has 100 valence electrons. The molecule has 0 aliphatic rings. The third-order valence-electron chi connectivity index (χ3n) is 2.72. The first-order valence-electron chi connectivity index (χ1n) is 5.97. The van der Waals surface area contributed by atoms with Crippen molar-refractivity contribution in [2.24, 2.45) is 0 Å². The zero-order valence-corrected chi connectivity index (χ0v) is 11.0. The largest absolute Gasteiger partial charge is 0.497 e. The highest BCUT2D eigenvalue weighted by Gasteiger charge is 2.10. The smallest absolute Gasteiger partial charge is 0.241 e. The van der Waals surface area contributed by atoms with Gasteiger partial charge in [-0.2, -0.15) is 0 Å². The molecule has 0 spiro atoms. The quantitative estimate of drug-likeness (QED) is 0.845. The molecule has 0 heterocycles. The summed E-state index contributed by atoms with van der Waals surface area (Å²) in [5, 5.41) is 2.79. The lowest BCUT2D eigenvalue weighted by Crippen LogP contribution is -2.35. The van der Waals surface area contributed by atoms with E-state index in [1.807, 2.05) is 13.8 Å². The maximum atomic E-state index is 13.5. The molecule has 1 aromatic rings. The first-order chi connectivity index (χ1) is 8.62. The van der Waals surface area contributed by atoms with Crippen LogP contribution in [0.1, 0.15) is 13.8 Å². The number of likely N-dealkylation sites (N-methyl/N-ethyl adjacent to an activating group) is 1. The Morgan fingerprint density at radius 1 is 1.39 bits per heavy atom. The van der Waals surface area contributed by atoms with Crippen molar-refractivity contribution in [3.05, 3.63) is 24.0 Å². The summed E-state index contributed by atoms with van der Waals surface area (Å²) in [5.74, 6) is 0.0968. The number of hydrogen-bond acceptors (Lipinski definition) is 3. The molecule has 4 nitrogen and oxygen atoms in total. The molecule has 0 atom stereocenters. The molecular formula is C13H19FN2O2. The monoisotopic (exact) mass is 254 g/mol. The Hall–Kier alpha value is -1.78. The van der Waals surface area contributed by atoms with Crippen molar-refractivity contribution in [1.29, 1.82) is 0 Å². The van der Waals surface area contributed by atoms with Crippen molar-refractivity contribution in [2.75, 3.05) is 32.1 Å². The number of methoxy groups -OCH3 is 1. The number of anilines is 1. The van der Waals surface area contributed by atoms with Crippen LogP contribution in [-0.2, 0) is 4.79 Å². The fourth-order valence-electron chi connectivity index (χ4n) is 1.63. The molecule has 0 aliphatic carbocycles. The Balaban J connectivity index is 2.65. The van der Waals surface area contributed by atoms with Gasteiger partial charge in [0.2, 0.25) is 5.91 Å². The number of carbonyl (C=O) groups excluding carboxylic acids is 1. The minimum atomic E-state index is -0.400. The van der Waals surface area contributed by atoms with E-state index >= 15 is 0 Å². The third kappa shape index (κ3) is 3.61. The zero-order chi connectivity index (χ0) is 13.5. The summed E-state index contributed by atoms with van der Waals surface area (Å²) in [6.45, 7) is 5.20. The Bertz CT molecular complexity index is 406. The fraction of sp³-hybridized carbons (Fsp3) is 0.462. The minimum Gasteiger partial charge on any atom is -0.497 e. The topological polar surface area (TPSA) is 41.6 Å².